The number of aliphatic carboxylic acids is 2. The second-order valence-electron chi connectivity index (χ2n) is 9.05. The zero-order valence-electron chi connectivity index (χ0n) is 22.2. The van der Waals surface area contributed by atoms with Crippen molar-refractivity contribution in [3.05, 3.63) is 29.8 Å². The van der Waals surface area contributed by atoms with Crippen molar-refractivity contribution in [3.8, 4) is 5.75 Å². The normalized spacial score (nSPS) is 13.4. The number of rotatable bonds is 18. The maximum Gasteiger partial charge on any atom is 0.326 e. The highest BCUT2D eigenvalue weighted by Gasteiger charge is 2.30. The molecular weight excluding hydrogens is 562 g/mol. The van der Waals surface area contributed by atoms with Gasteiger partial charge < -0.3 is 53.8 Å². The highest BCUT2D eigenvalue weighted by Crippen LogP contribution is 2.12. The van der Waals surface area contributed by atoms with Crippen LogP contribution in [0.5, 0.6) is 5.75 Å². The van der Waals surface area contributed by atoms with E-state index in [9.17, 15) is 43.5 Å². The smallest absolute Gasteiger partial charge is 0.326 e. The minimum Gasteiger partial charge on any atom is -0.508 e. The molecule has 0 spiro atoms. The number of nitrogens with two attached hydrogens (primary N) is 3. The Balaban J connectivity index is 3.03. The van der Waals surface area contributed by atoms with Gasteiger partial charge in [-0.1, -0.05) is 12.1 Å². The number of aromatic hydroxyl groups is 1. The lowest BCUT2D eigenvalue weighted by Gasteiger charge is -2.24. The zero-order chi connectivity index (χ0) is 32.0. The van der Waals surface area contributed by atoms with Gasteiger partial charge >= 0.3 is 11.9 Å². The van der Waals surface area contributed by atoms with Gasteiger partial charge in [-0.15, -0.1) is 0 Å². The summed E-state index contributed by atoms with van der Waals surface area (Å²) < 4.78 is 0. The number of nitrogens with one attached hydrogen (secondary N) is 4. The number of hydrogen-bond acceptors (Lipinski definition) is 10. The summed E-state index contributed by atoms with van der Waals surface area (Å²) in [5, 5.41) is 35.9. The zero-order valence-corrected chi connectivity index (χ0v) is 22.2. The summed E-state index contributed by atoms with van der Waals surface area (Å²) in [5.74, 6) is -8.92. The summed E-state index contributed by atoms with van der Waals surface area (Å²) in [5.41, 5.74) is 16.5. The predicted octanol–water partition coefficient (Wildman–Crippen LogP) is -4.47. The maximum atomic E-state index is 13.2. The van der Waals surface area contributed by atoms with E-state index in [1.165, 1.54) is 24.3 Å². The largest absolute Gasteiger partial charge is 0.508 e. The van der Waals surface area contributed by atoms with Crippen LogP contribution in [0, 0.1) is 0 Å². The molecule has 13 N–H and O–H groups in total. The second kappa shape index (κ2) is 16.8. The van der Waals surface area contributed by atoms with Crippen molar-refractivity contribution in [3.63, 3.8) is 0 Å². The van der Waals surface area contributed by atoms with Crippen molar-refractivity contribution in [2.24, 2.45) is 17.2 Å². The van der Waals surface area contributed by atoms with Gasteiger partial charge in [0.25, 0.3) is 0 Å². The van der Waals surface area contributed by atoms with Crippen molar-refractivity contribution in [1.82, 2.24) is 21.3 Å². The van der Waals surface area contributed by atoms with Gasteiger partial charge in [0.2, 0.25) is 35.4 Å². The average molecular weight is 596 g/mol. The Morgan fingerprint density at radius 2 is 1.33 bits per heavy atom. The lowest BCUT2D eigenvalue weighted by molar-refractivity contribution is -0.147. The quantitative estimate of drug-likeness (QED) is 0.0768. The fourth-order valence-corrected chi connectivity index (χ4v) is 3.38. The lowest BCUT2D eigenvalue weighted by atomic mass is 10.0. The highest BCUT2D eigenvalue weighted by molar-refractivity contribution is 5.96. The third-order valence-corrected chi connectivity index (χ3v) is 5.52. The third-order valence-electron chi connectivity index (χ3n) is 5.52. The van der Waals surface area contributed by atoms with Gasteiger partial charge in [-0.05, 0) is 24.1 Å². The fraction of sp³-hybridized carbons (Fsp3) is 0.417. The van der Waals surface area contributed by atoms with E-state index < -0.39 is 90.9 Å². The number of carboxylic acid groups (broad SMARTS) is 2. The molecule has 0 radical (unpaired) electrons. The SMILES string of the molecule is NC(=O)CC[C@H](N)C(=O)N[C@@H](Cc1ccc(O)cc1)C(=O)N[C@@H](CC(N)=O)C(=O)NCC(=O)N[C@@H](CC(=O)O)C(=O)O. The van der Waals surface area contributed by atoms with E-state index in [1.807, 2.05) is 5.32 Å². The molecule has 18 nitrogen and oxygen atoms in total. The molecule has 42 heavy (non-hydrogen) atoms. The van der Waals surface area contributed by atoms with E-state index in [0.717, 1.165) is 0 Å². The van der Waals surface area contributed by atoms with Crippen LogP contribution in [0.4, 0.5) is 0 Å². The average Bonchev–Trinajstić information content (AvgIpc) is 2.89. The van der Waals surface area contributed by atoms with Gasteiger partial charge in [0.1, 0.15) is 23.9 Å². The van der Waals surface area contributed by atoms with Gasteiger partial charge in [0.05, 0.1) is 25.4 Å². The van der Waals surface area contributed by atoms with Crippen LogP contribution in [0.3, 0.4) is 0 Å². The number of amides is 6. The van der Waals surface area contributed by atoms with Crippen molar-refractivity contribution in [1.29, 1.82) is 0 Å². The lowest BCUT2D eigenvalue weighted by Crippen LogP contribution is -2.57. The molecule has 1 rings (SSSR count). The molecule has 0 saturated heterocycles. The summed E-state index contributed by atoms with van der Waals surface area (Å²) in [6.45, 7) is -0.851. The monoisotopic (exact) mass is 595 g/mol. The third kappa shape index (κ3) is 13.2. The number of primary amides is 2. The van der Waals surface area contributed by atoms with Crippen molar-refractivity contribution in [2.45, 2.75) is 56.3 Å². The van der Waals surface area contributed by atoms with Gasteiger partial charge in [0, 0.05) is 12.8 Å². The molecule has 0 fully saturated rings. The molecule has 0 aliphatic heterocycles. The number of phenolic OH excluding ortho intramolecular Hbond substituents is 1. The molecule has 0 heterocycles. The molecule has 18 heteroatoms. The van der Waals surface area contributed by atoms with E-state index in [-0.39, 0.29) is 25.0 Å². The van der Waals surface area contributed by atoms with Crippen LogP contribution in [-0.4, -0.2) is 93.4 Å². The van der Waals surface area contributed by atoms with Gasteiger partial charge in [0.15, 0.2) is 0 Å². The summed E-state index contributed by atoms with van der Waals surface area (Å²) in [6, 6.07) is -0.501. The van der Waals surface area contributed by atoms with Crippen molar-refractivity contribution < 1.29 is 53.7 Å². The number of carbonyl (C=O) groups excluding carboxylic acids is 6. The molecule has 0 aliphatic carbocycles. The van der Waals surface area contributed by atoms with Gasteiger partial charge in [-0.25, -0.2) is 4.79 Å². The van der Waals surface area contributed by atoms with Crippen LogP contribution in [0.15, 0.2) is 24.3 Å². The Labute approximate surface area is 238 Å². The molecule has 6 amide bonds. The first-order valence-electron chi connectivity index (χ1n) is 12.3. The predicted molar refractivity (Wildman–Crippen MR) is 141 cm³/mol. The topological polar surface area (TPSA) is 323 Å². The molecule has 0 bridgehead atoms. The van der Waals surface area contributed by atoms with Crippen LogP contribution in [0.1, 0.15) is 31.2 Å². The Bertz CT molecular complexity index is 1190. The molecule has 4 atom stereocenters. The molecule has 1 aromatic rings. The molecule has 0 saturated carbocycles. The number of carbonyl (C=O) groups is 8. The Morgan fingerprint density at radius 1 is 0.738 bits per heavy atom. The number of hydrogen-bond donors (Lipinski definition) is 10. The van der Waals surface area contributed by atoms with E-state index >= 15 is 0 Å². The summed E-state index contributed by atoms with van der Waals surface area (Å²) in [4.78, 5) is 95.1. The minimum absolute atomic E-state index is 0.0721. The van der Waals surface area contributed by atoms with Gasteiger partial charge in [-0.2, -0.15) is 0 Å². The first kappa shape index (κ1) is 34.8. The Morgan fingerprint density at radius 3 is 1.86 bits per heavy atom. The van der Waals surface area contributed by atoms with Crippen LogP contribution in [-0.2, 0) is 44.8 Å². The maximum absolute atomic E-state index is 13.2. The summed E-state index contributed by atoms with van der Waals surface area (Å²) in [7, 11) is 0. The molecule has 0 aromatic heterocycles. The fourth-order valence-electron chi connectivity index (χ4n) is 3.38. The molecule has 0 unspecified atom stereocenters. The molecule has 1 aromatic carbocycles. The number of phenols is 1. The molecule has 230 valence electrons. The molecule has 0 aliphatic rings. The molecular formula is C24H33N7O11. The first-order chi connectivity index (χ1) is 19.6. The van der Waals surface area contributed by atoms with Crippen LogP contribution >= 0.6 is 0 Å². The Hall–Kier alpha value is -5.26. The first-order valence-corrected chi connectivity index (χ1v) is 12.3. The van der Waals surface area contributed by atoms with E-state index in [2.05, 4.69) is 16.0 Å². The minimum atomic E-state index is -1.79. The van der Waals surface area contributed by atoms with Crippen LogP contribution in [0.25, 0.3) is 0 Å². The summed E-state index contributed by atoms with van der Waals surface area (Å²) in [6.07, 6.45) is -2.18. The van der Waals surface area contributed by atoms with E-state index in [4.69, 9.17) is 27.4 Å². The van der Waals surface area contributed by atoms with Crippen molar-refractivity contribution >= 4 is 47.4 Å². The van der Waals surface area contributed by atoms with E-state index in [0.29, 0.717) is 5.56 Å². The van der Waals surface area contributed by atoms with Crippen LogP contribution in [0.2, 0.25) is 0 Å². The van der Waals surface area contributed by atoms with Crippen molar-refractivity contribution in [2.75, 3.05) is 6.54 Å². The second-order valence-corrected chi connectivity index (χ2v) is 9.05. The summed E-state index contributed by atoms with van der Waals surface area (Å²) >= 11 is 0. The highest BCUT2D eigenvalue weighted by atomic mass is 16.4. The number of carboxylic acids is 2. The van der Waals surface area contributed by atoms with Crippen LogP contribution < -0.4 is 38.5 Å². The van der Waals surface area contributed by atoms with Gasteiger partial charge in [-0.3, -0.25) is 33.6 Å². The number of benzene rings is 1. The Kier molecular flexibility index (Phi) is 13.9. The standard InChI is InChI=1S/C24H33N7O11/c25-13(5-6-17(26)33)21(38)30-14(7-11-1-3-12(32)4-2-11)23(40)31-15(8-18(27)34)22(39)28-10-19(35)29-16(24(41)42)9-20(36)37/h1-4,13-16,32H,5-10,25H2,(H2,26,33)(H2,27,34)(H,28,39)(H,29,35)(H,30,38)(H,31,40)(H,36,37)(H,41,42)/t13-,14-,15-,16-/m0/s1. The van der Waals surface area contributed by atoms with E-state index in [1.54, 1.807) is 0 Å².